The molecule has 0 aliphatic carbocycles. The highest BCUT2D eigenvalue weighted by atomic mass is 16.1. The lowest BCUT2D eigenvalue weighted by molar-refractivity contribution is -0.118. The summed E-state index contributed by atoms with van der Waals surface area (Å²) in [6, 6.07) is 7.73. The maximum atomic E-state index is 10.7. The number of carbonyl (C=O) groups is 1. The van der Waals surface area contributed by atoms with Crippen LogP contribution in [-0.2, 0) is 11.3 Å². The van der Waals surface area contributed by atoms with Crippen LogP contribution in [0, 0.1) is 6.92 Å². The zero-order chi connectivity index (χ0) is 11.5. The van der Waals surface area contributed by atoms with Crippen LogP contribution < -0.4 is 5.73 Å². The third-order valence-electron chi connectivity index (χ3n) is 2.06. The van der Waals surface area contributed by atoms with Crippen LogP contribution in [-0.4, -0.2) is 26.1 Å². The van der Waals surface area contributed by atoms with Crippen molar-refractivity contribution in [1.82, 2.24) is 20.2 Å². The summed E-state index contributed by atoms with van der Waals surface area (Å²) in [6.45, 7) is 1.94. The molecule has 6 heteroatoms. The maximum absolute atomic E-state index is 10.7. The molecule has 0 bridgehead atoms. The molecule has 82 valence electrons. The summed E-state index contributed by atoms with van der Waals surface area (Å²) < 4.78 is 0. The van der Waals surface area contributed by atoms with Crippen molar-refractivity contribution in [3.05, 3.63) is 29.8 Å². The summed E-state index contributed by atoms with van der Waals surface area (Å²) in [5.41, 5.74) is 7.05. The van der Waals surface area contributed by atoms with Gasteiger partial charge in [0.25, 0.3) is 0 Å². The molecule has 2 N–H and O–H groups in total. The Morgan fingerprint density at radius 3 is 2.69 bits per heavy atom. The van der Waals surface area contributed by atoms with Gasteiger partial charge in [0, 0.05) is 5.56 Å². The van der Waals surface area contributed by atoms with E-state index in [2.05, 4.69) is 15.4 Å². The number of amides is 1. The van der Waals surface area contributed by atoms with E-state index in [-0.39, 0.29) is 6.54 Å². The molecule has 0 unspecified atom stereocenters. The lowest BCUT2D eigenvalue weighted by atomic mass is 10.1. The zero-order valence-electron chi connectivity index (χ0n) is 8.79. The van der Waals surface area contributed by atoms with Crippen molar-refractivity contribution in [2.45, 2.75) is 13.5 Å². The van der Waals surface area contributed by atoms with Gasteiger partial charge in [-0.2, -0.15) is 4.80 Å². The fourth-order valence-electron chi connectivity index (χ4n) is 1.27. The van der Waals surface area contributed by atoms with E-state index in [1.54, 1.807) is 0 Å². The van der Waals surface area contributed by atoms with Crippen LogP contribution in [0.3, 0.4) is 0 Å². The molecule has 0 radical (unpaired) electrons. The Kier molecular flexibility index (Phi) is 2.63. The molecule has 1 amide bonds. The second-order valence-electron chi connectivity index (χ2n) is 3.48. The number of hydrogen-bond donors (Lipinski definition) is 1. The molecule has 1 aromatic heterocycles. The first-order valence-electron chi connectivity index (χ1n) is 4.78. The van der Waals surface area contributed by atoms with Crippen molar-refractivity contribution in [3.8, 4) is 11.4 Å². The lowest BCUT2D eigenvalue weighted by Crippen LogP contribution is -2.20. The summed E-state index contributed by atoms with van der Waals surface area (Å²) in [5.74, 6) is -0.00546. The van der Waals surface area contributed by atoms with E-state index in [4.69, 9.17) is 5.73 Å². The molecule has 6 nitrogen and oxygen atoms in total. The van der Waals surface area contributed by atoms with E-state index >= 15 is 0 Å². The number of aryl methyl sites for hydroxylation is 1. The summed E-state index contributed by atoms with van der Waals surface area (Å²) in [7, 11) is 0. The molecular weight excluding hydrogens is 206 g/mol. The molecule has 0 aliphatic rings. The maximum Gasteiger partial charge on any atom is 0.241 e. The average Bonchev–Trinajstić information content (AvgIpc) is 2.66. The van der Waals surface area contributed by atoms with Crippen LogP contribution >= 0.6 is 0 Å². The van der Waals surface area contributed by atoms with Crippen molar-refractivity contribution >= 4 is 5.91 Å². The molecule has 16 heavy (non-hydrogen) atoms. The number of carbonyl (C=O) groups excluding carboxylic acids is 1. The molecule has 0 aliphatic heterocycles. The van der Waals surface area contributed by atoms with Crippen molar-refractivity contribution in [2.24, 2.45) is 5.73 Å². The number of rotatable bonds is 3. The Morgan fingerprint density at radius 2 is 2.06 bits per heavy atom. The summed E-state index contributed by atoms with van der Waals surface area (Å²) in [6.07, 6.45) is 0. The second kappa shape index (κ2) is 4.09. The zero-order valence-corrected chi connectivity index (χ0v) is 8.79. The smallest absolute Gasteiger partial charge is 0.241 e. The highest BCUT2D eigenvalue weighted by molar-refractivity contribution is 5.73. The molecular formula is C10H11N5O. The molecule has 0 atom stereocenters. The number of nitrogens with zero attached hydrogens (tertiary/aromatic N) is 4. The lowest BCUT2D eigenvalue weighted by Gasteiger charge is -1.95. The Morgan fingerprint density at radius 1 is 1.38 bits per heavy atom. The van der Waals surface area contributed by atoms with Crippen LogP contribution in [0.1, 0.15) is 5.56 Å². The standard InChI is InChI=1S/C10H11N5O/c1-7-2-4-8(5-3-7)10-12-14-15(13-10)6-9(11)16/h2-5H,6H2,1H3,(H2,11,16). The number of tetrazole rings is 1. The van der Waals surface area contributed by atoms with E-state index in [1.165, 1.54) is 4.80 Å². The van der Waals surface area contributed by atoms with E-state index in [0.717, 1.165) is 11.1 Å². The van der Waals surface area contributed by atoms with Crippen molar-refractivity contribution in [2.75, 3.05) is 0 Å². The number of hydrogen-bond acceptors (Lipinski definition) is 4. The fourth-order valence-corrected chi connectivity index (χ4v) is 1.27. The molecule has 2 rings (SSSR count). The molecule has 0 saturated carbocycles. The first-order chi connectivity index (χ1) is 7.65. The Labute approximate surface area is 92.1 Å². The van der Waals surface area contributed by atoms with Crippen LogP contribution in [0.4, 0.5) is 0 Å². The summed E-state index contributed by atoms with van der Waals surface area (Å²) in [4.78, 5) is 11.8. The monoisotopic (exact) mass is 217 g/mol. The highest BCUT2D eigenvalue weighted by Crippen LogP contribution is 2.13. The number of aromatic nitrogens is 4. The Balaban J connectivity index is 2.24. The normalized spacial score (nSPS) is 10.3. The number of benzene rings is 1. The van der Waals surface area contributed by atoms with Gasteiger partial charge in [-0.1, -0.05) is 29.8 Å². The molecule has 1 aromatic carbocycles. The summed E-state index contributed by atoms with van der Waals surface area (Å²) >= 11 is 0. The van der Waals surface area contributed by atoms with Gasteiger partial charge in [0.2, 0.25) is 11.7 Å². The van der Waals surface area contributed by atoms with Crippen LogP contribution in [0.25, 0.3) is 11.4 Å². The minimum absolute atomic E-state index is 0.0567. The Bertz CT molecular complexity index is 502. The van der Waals surface area contributed by atoms with Gasteiger partial charge in [-0.25, -0.2) is 0 Å². The van der Waals surface area contributed by atoms with Crippen molar-refractivity contribution in [1.29, 1.82) is 0 Å². The molecule has 0 spiro atoms. The van der Waals surface area contributed by atoms with Gasteiger partial charge in [0.15, 0.2) is 0 Å². The molecule has 2 aromatic rings. The van der Waals surface area contributed by atoms with Gasteiger partial charge in [0.1, 0.15) is 6.54 Å². The third kappa shape index (κ3) is 2.22. The quantitative estimate of drug-likeness (QED) is 0.791. The SMILES string of the molecule is Cc1ccc(-c2nnn(CC(N)=O)n2)cc1. The van der Waals surface area contributed by atoms with E-state index < -0.39 is 5.91 Å². The minimum atomic E-state index is -0.493. The first-order valence-corrected chi connectivity index (χ1v) is 4.78. The highest BCUT2D eigenvalue weighted by Gasteiger charge is 2.06. The van der Waals surface area contributed by atoms with Gasteiger partial charge in [-0.05, 0) is 12.1 Å². The van der Waals surface area contributed by atoms with E-state index in [9.17, 15) is 4.79 Å². The number of primary amides is 1. The fraction of sp³-hybridized carbons (Fsp3) is 0.200. The second-order valence-corrected chi connectivity index (χ2v) is 3.48. The topological polar surface area (TPSA) is 86.7 Å². The van der Waals surface area contributed by atoms with Crippen molar-refractivity contribution < 1.29 is 4.79 Å². The van der Waals surface area contributed by atoms with Gasteiger partial charge in [-0.3, -0.25) is 4.79 Å². The van der Waals surface area contributed by atoms with E-state index in [0.29, 0.717) is 5.82 Å². The van der Waals surface area contributed by atoms with Crippen LogP contribution in [0.2, 0.25) is 0 Å². The van der Waals surface area contributed by atoms with E-state index in [1.807, 2.05) is 31.2 Å². The average molecular weight is 217 g/mol. The van der Waals surface area contributed by atoms with Gasteiger partial charge < -0.3 is 5.73 Å². The predicted octanol–water partition coefficient (Wildman–Crippen LogP) is 0.134. The largest absolute Gasteiger partial charge is 0.368 e. The van der Waals surface area contributed by atoms with Crippen LogP contribution in [0.5, 0.6) is 0 Å². The van der Waals surface area contributed by atoms with Gasteiger partial charge >= 0.3 is 0 Å². The number of nitrogens with two attached hydrogens (primary N) is 1. The minimum Gasteiger partial charge on any atom is -0.368 e. The molecule has 0 fully saturated rings. The molecule has 1 heterocycles. The van der Waals surface area contributed by atoms with Crippen LogP contribution in [0.15, 0.2) is 24.3 Å². The molecule has 0 saturated heterocycles. The summed E-state index contributed by atoms with van der Waals surface area (Å²) in [5, 5.41) is 11.6. The first kappa shape index (κ1) is 10.3. The third-order valence-corrected chi connectivity index (χ3v) is 2.06. The Hall–Kier alpha value is -2.24. The predicted molar refractivity (Wildman–Crippen MR) is 57.2 cm³/mol. The van der Waals surface area contributed by atoms with Crippen molar-refractivity contribution in [3.63, 3.8) is 0 Å². The van der Waals surface area contributed by atoms with Gasteiger partial charge in [-0.15, -0.1) is 10.2 Å². The van der Waals surface area contributed by atoms with Gasteiger partial charge in [0.05, 0.1) is 0 Å².